The predicted octanol–water partition coefficient (Wildman–Crippen LogP) is 3.22. The highest BCUT2D eigenvalue weighted by molar-refractivity contribution is 5.81. The first-order chi connectivity index (χ1) is 7.30. The van der Waals surface area contributed by atoms with Gasteiger partial charge in [0.05, 0.1) is 6.04 Å². The van der Waals surface area contributed by atoms with E-state index < -0.39 is 0 Å². The first-order valence-electron chi connectivity index (χ1n) is 5.68. The van der Waals surface area contributed by atoms with Crippen molar-refractivity contribution in [2.24, 2.45) is 5.41 Å². The van der Waals surface area contributed by atoms with Crippen molar-refractivity contribution in [1.29, 1.82) is 0 Å². The van der Waals surface area contributed by atoms with E-state index in [2.05, 4.69) is 36.5 Å². The van der Waals surface area contributed by atoms with E-state index >= 15 is 0 Å². The summed E-state index contributed by atoms with van der Waals surface area (Å²) in [6, 6.07) is 8.31. The largest absolute Gasteiger partial charge is 0.349 e. The van der Waals surface area contributed by atoms with Crippen LogP contribution in [0, 0.1) is 12.3 Å². The van der Waals surface area contributed by atoms with Gasteiger partial charge in [-0.05, 0) is 19.4 Å². The molecule has 0 aromatic heterocycles. The number of hydrogen-bond donors (Lipinski definition) is 1. The molecule has 1 N–H and O–H groups in total. The monoisotopic (exact) mass is 219 g/mol. The lowest BCUT2D eigenvalue weighted by molar-refractivity contribution is -0.129. The first-order valence-corrected chi connectivity index (χ1v) is 5.68. The molecule has 0 fully saturated rings. The fourth-order valence-corrected chi connectivity index (χ4v) is 1.35. The van der Waals surface area contributed by atoms with Crippen LogP contribution >= 0.6 is 0 Å². The Kier molecular flexibility index (Phi) is 3.74. The summed E-state index contributed by atoms with van der Waals surface area (Å²) in [4.78, 5) is 11.8. The fourth-order valence-electron chi connectivity index (χ4n) is 1.35. The first kappa shape index (κ1) is 12.8. The molecule has 1 unspecified atom stereocenters. The molecule has 16 heavy (non-hydrogen) atoms. The normalized spacial score (nSPS) is 13.3. The number of carbonyl (C=O) groups is 1. The molecular weight excluding hydrogens is 198 g/mol. The van der Waals surface area contributed by atoms with E-state index in [1.165, 1.54) is 5.56 Å². The Hall–Kier alpha value is -1.31. The van der Waals surface area contributed by atoms with Crippen molar-refractivity contribution in [3.8, 4) is 0 Å². The minimum absolute atomic E-state index is 0.0623. The van der Waals surface area contributed by atoms with E-state index in [9.17, 15) is 4.79 Å². The van der Waals surface area contributed by atoms with Crippen molar-refractivity contribution in [2.75, 3.05) is 0 Å². The molecule has 0 aliphatic heterocycles. The second-order valence-corrected chi connectivity index (χ2v) is 5.36. The predicted molar refractivity (Wildman–Crippen MR) is 67.2 cm³/mol. The summed E-state index contributed by atoms with van der Waals surface area (Å²) in [7, 11) is 0. The lowest BCUT2D eigenvalue weighted by Crippen LogP contribution is -2.36. The standard InChI is InChI=1S/C14H21NO/c1-10-6-8-12(9-7-10)11(2)15-13(16)14(3,4)5/h6-9,11H,1-5H3,(H,15,16). The molecule has 0 radical (unpaired) electrons. The van der Waals surface area contributed by atoms with Gasteiger partial charge in [0.2, 0.25) is 5.91 Å². The van der Waals surface area contributed by atoms with Gasteiger partial charge in [0.25, 0.3) is 0 Å². The van der Waals surface area contributed by atoms with Crippen molar-refractivity contribution in [1.82, 2.24) is 5.32 Å². The molecule has 0 spiro atoms. The topological polar surface area (TPSA) is 29.1 Å². The molecule has 0 aliphatic carbocycles. The summed E-state index contributed by atoms with van der Waals surface area (Å²) in [5, 5.41) is 3.02. The molecule has 1 aromatic carbocycles. The molecular formula is C14H21NO. The van der Waals surface area contributed by atoms with Crippen LogP contribution in [0.4, 0.5) is 0 Å². The zero-order valence-electron chi connectivity index (χ0n) is 10.8. The molecule has 0 aliphatic rings. The Labute approximate surface area is 98.1 Å². The second-order valence-electron chi connectivity index (χ2n) is 5.36. The van der Waals surface area contributed by atoms with Crippen LogP contribution in [0.25, 0.3) is 0 Å². The summed E-state index contributed by atoms with van der Waals surface area (Å²) in [6.45, 7) is 9.83. The van der Waals surface area contributed by atoms with Gasteiger partial charge in [-0.3, -0.25) is 4.79 Å². The Morgan fingerprint density at radius 3 is 2.12 bits per heavy atom. The number of hydrogen-bond acceptors (Lipinski definition) is 1. The molecule has 0 saturated carbocycles. The third kappa shape index (κ3) is 3.37. The molecule has 1 aromatic rings. The molecule has 1 atom stereocenters. The van der Waals surface area contributed by atoms with Gasteiger partial charge in [-0.15, -0.1) is 0 Å². The number of amides is 1. The maximum atomic E-state index is 11.8. The highest BCUT2D eigenvalue weighted by Crippen LogP contribution is 2.18. The molecule has 88 valence electrons. The number of nitrogens with one attached hydrogen (secondary N) is 1. The van der Waals surface area contributed by atoms with Crippen molar-refractivity contribution >= 4 is 5.91 Å². The highest BCUT2D eigenvalue weighted by atomic mass is 16.2. The lowest BCUT2D eigenvalue weighted by Gasteiger charge is -2.22. The zero-order chi connectivity index (χ0) is 12.3. The number of aryl methyl sites for hydroxylation is 1. The molecule has 2 heteroatoms. The SMILES string of the molecule is Cc1ccc(C(C)NC(=O)C(C)(C)C)cc1. The number of rotatable bonds is 2. The lowest BCUT2D eigenvalue weighted by atomic mass is 9.94. The smallest absolute Gasteiger partial charge is 0.225 e. The molecule has 0 heterocycles. The Morgan fingerprint density at radius 2 is 1.69 bits per heavy atom. The van der Waals surface area contributed by atoms with Crippen LogP contribution in [0.1, 0.15) is 44.9 Å². The average Bonchev–Trinajstić information content (AvgIpc) is 2.17. The van der Waals surface area contributed by atoms with Crippen molar-refractivity contribution < 1.29 is 4.79 Å². The van der Waals surface area contributed by atoms with Crippen LogP contribution in [-0.2, 0) is 4.79 Å². The molecule has 0 bridgehead atoms. The van der Waals surface area contributed by atoms with Gasteiger partial charge in [-0.1, -0.05) is 50.6 Å². The van der Waals surface area contributed by atoms with E-state index in [4.69, 9.17) is 0 Å². The second kappa shape index (κ2) is 4.69. The Morgan fingerprint density at radius 1 is 1.19 bits per heavy atom. The minimum atomic E-state index is -0.334. The Bertz CT molecular complexity index is 359. The average molecular weight is 219 g/mol. The number of carbonyl (C=O) groups excluding carboxylic acids is 1. The third-order valence-corrected chi connectivity index (χ3v) is 2.61. The summed E-state index contributed by atoms with van der Waals surface area (Å²) in [5.74, 6) is 0.0839. The van der Waals surface area contributed by atoms with E-state index in [-0.39, 0.29) is 17.4 Å². The summed E-state index contributed by atoms with van der Waals surface area (Å²) in [6.07, 6.45) is 0. The van der Waals surface area contributed by atoms with Gasteiger partial charge < -0.3 is 5.32 Å². The highest BCUT2D eigenvalue weighted by Gasteiger charge is 2.22. The number of benzene rings is 1. The zero-order valence-corrected chi connectivity index (χ0v) is 10.8. The van der Waals surface area contributed by atoms with Crippen molar-refractivity contribution in [3.63, 3.8) is 0 Å². The van der Waals surface area contributed by atoms with Crippen LogP contribution in [0.3, 0.4) is 0 Å². The van der Waals surface area contributed by atoms with E-state index in [1.807, 2.05) is 27.7 Å². The van der Waals surface area contributed by atoms with Crippen LogP contribution in [-0.4, -0.2) is 5.91 Å². The maximum Gasteiger partial charge on any atom is 0.225 e. The van der Waals surface area contributed by atoms with Gasteiger partial charge in [0.1, 0.15) is 0 Å². The summed E-state index contributed by atoms with van der Waals surface area (Å²) in [5.41, 5.74) is 2.04. The van der Waals surface area contributed by atoms with Gasteiger partial charge in [0.15, 0.2) is 0 Å². The quantitative estimate of drug-likeness (QED) is 0.813. The van der Waals surface area contributed by atoms with Gasteiger partial charge in [-0.25, -0.2) is 0 Å². The fraction of sp³-hybridized carbons (Fsp3) is 0.500. The van der Waals surface area contributed by atoms with Crippen LogP contribution in [0.15, 0.2) is 24.3 Å². The van der Waals surface area contributed by atoms with Crippen molar-refractivity contribution in [3.05, 3.63) is 35.4 Å². The van der Waals surface area contributed by atoms with E-state index in [0.717, 1.165) is 5.56 Å². The van der Waals surface area contributed by atoms with E-state index in [0.29, 0.717) is 0 Å². The van der Waals surface area contributed by atoms with E-state index in [1.54, 1.807) is 0 Å². The molecule has 1 amide bonds. The van der Waals surface area contributed by atoms with Crippen LogP contribution in [0.5, 0.6) is 0 Å². The van der Waals surface area contributed by atoms with Crippen LogP contribution in [0.2, 0.25) is 0 Å². The van der Waals surface area contributed by atoms with Gasteiger partial charge >= 0.3 is 0 Å². The summed E-state index contributed by atoms with van der Waals surface area (Å²) >= 11 is 0. The molecule has 0 saturated heterocycles. The minimum Gasteiger partial charge on any atom is -0.349 e. The van der Waals surface area contributed by atoms with Crippen LogP contribution < -0.4 is 5.32 Å². The van der Waals surface area contributed by atoms with Gasteiger partial charge in [0, 0.05) is 5.41 Å². The Balaban J connectivity index is 2.69. The van der Waals surface area contributed by atoms with Gasteiger partial charge in [-0.2, -0.15) is 0 Å². The molecule has 2 nitrogen and oxygen atoms in total. The molecule has 1 rings (SSSR count). The third-order valence-electron chi connectivity index (χ3n) is 2.61. The van der Waals surface area contributed by atoms with Crippen molar-refractivity contribution in [2.45, 2.75) is 40.7 Å². The maximum absolute atomic E-state index is 11.8. The summed E-state index contributed by atoms with van der Waals surface area (Å²) < 4.78 is 0.